The predicted molar refractivity (Wildman–Crippen MR) is 69.2 cm³/mol. The van der Waals surface area contributed by atoms with Crippen LogP contribution in [-0.2, 0) is 6.54 Å². The number of nitrogens with one attached hydrogen (secondary N) is 1. The lowest BCUT2D eigenvalue weighted by molar-refractivity contribution is 0.662. The Morgan fingerprint density at radius 3 is 2.56 bits per heavy atom. The fourth-order valence-electron chi connectivity index (χ4n) is 1.20. The van der Waals surface area contributed by atoms with Gasteiger partial charge in [0.1, 0.15) is 6.33 Å². The Bertz CT molecular complexity index is 423. The zero-order valence-corrected chi connectivity index (χ0v) is 10.9. The smallest absolute Gasteiger partial charge is 0.291 e. The van der Waals surface area contributed by atoms with Crippen LogP contribution in [0.15, 0.2) is 15.9 Å². The van der Waals surface area contributed by atoms with Gasteiger partial charge in [0.25, 0.3) is 0 Å². The Morgan fingerprint density at radius 2 is 2.00 bits per heavy atom. The van der Waals surface area contributed by atoms with E-state index in [2.05, 4.69) is 24.0 Å². The molecule has 5 nitrogen and oxygen atoms in total. The number of thioether (sulfide) groups is 2. The highest BCUT2D eigenvalue weighted by molar-refractivity contribution is 8.16. The van der Waals surface area contributed by atoms with Crippen molar-refractivity contribution in [2.75, 3.05) is 11.5 Å². The highest BCUT2D eigenvalue weighted by Crippen LogP contribution is 2.24. The molecule has 1 aromatic rings. The van der Waals surface area contributed by atoms with Crippen LogP contribution in [0.5, 0.6) is 0 Å². The van der Waals surface area contributed by atoms with Crippen molar-refractivity contribution < 1.29 is 0 Å². The molecule has 1 N–H and O–H groups in total. The monoisotopic (exact) mass is 261 g/mol. The summed E-state index contributed by atoms with van der Waals surface area (Å²) >= 11 is 3.55. The zero-order valence-electron chi connectivity index (χ0n) is 9.30. The molecule has 0 amide bonds. The van der Waals surface area contributed by atoms with Crippen LogP contribution in [0.25, 0.3) is 0 Å². The lowest BCUT2D eigenvalue weighted by Crippen LogP contribution is -2.38. The number of nitrogens with zero attached hydrogens (tertiary/aromatic N) is 2. The van der Waals surface area contributed by atoms with Gasteiger partial charge < -0.3 is 0 Å². The van der Waals surface area contributed by atoms with Crippen molar-refractivity contribution >= 4 is 23.5 Å². The molecule has 0 saturated heterocycles. The summed E-state index contributed by atoms with van der Waals surface area (Å²) in [6.45, 7) is 4.67. The van der Waals surface area contributed by atoms with E-state index in [4.69, 9.17) is 0 Å². The fourth-order valence-corrected chi connectivity index (χ4v) is 3.68. The predicted octanol–water partition coefficient (Wildman–Crippen LogP) is 0.764. The molecule has 0 atom stereocenters. The minimum atomic E-state index is -0.663. The summed E-state index contributed by atoms with van der Waals surface area (Å²) in [6.07, 6.45) is 1.38. The van der Waals surface area contributed by atoms with Crippen LogP contribution >= 0.6 is 23.5 Å². The summed E-state index contributed by atoms with van der Waals surface area (Å²) in [7, 11) is 0. The van der Waals surface area contributed by atoms with E-state index in [9.17, 15) is 9.59 Å². The molecule has 0 fully saturated rings. The molecule has 1 aromatic heterocycles. The van der Waals surface area contributed by atoms with Gasteiger partial charge in [-0.3, -0.25) is 14.2 Å². The molecule has 0 radical (unpaired) electrons. The van der Waals surface area contributed by atoms with Crippen molar-refractivity contribution in [1.29, 1.82) is 0 Å². The topological polar surface area (TPSA) is 67.8 Å². The van der Waals surface area contributed by atoms with Crippen molar-refractivity contribution in [3.8, 4) is 0 Å². The average molecular weight is 261 g/mol. The van der Waals surface area contributed by atoms with Crippen LogP contribution in [0, 0.1) is 0 Å². The number of hydrogen-bond acceptors (Lipinski definition) is 5. The van der Waals surface area contributed by atoms with Gasteiger partial charge in [-0.15, -0.1) is 23.5 Å². The second-order valence-electron chi connectivity index (χ2n) is 2.98. The zero-order chi connectivity index (χ0) is 12.0. The van der Waals surface area contributed by atoms with E-state index in [1.165, 1.54) is 10.9 Å². The standard InChI is InChI=1S/C9H15N3O2S2/c1-3-15-7(16-4-2)5-12-6-10-11-8(13)9(12)14/h6-7H,3-5H2,1-2H3,(H,11,13). The Balaban J connectivity index is 2.80. The van der Waals surface area contributed by atoms with Gasteiger partial charge in [0.05, 0.1) is 4.58 Å². The lowest BCUT2D eigenvalue weighted by atomic mass is 10.6. The van der Waals surface area contributed by atoms with E-state index in [-0.39, 0.29) is 4.58 Å². The molecular weight excluding hydrogens is 246 g/mol. The van der Waals surface area contributed by atoms with Crippen molar-refractivity contribution in [3.63, 3.8) is 0 Å². The third-order valence-electron chi connectivity index (χ3n) is 1.87. The van der Waals surface area contributed by atoms with E-state index in [0.29, 0.717) is 6.54 Å². The molecule has 0 aliphatic carbocycles. The number of aromatic nitrogens is 3. The van der Waals surface area contributed by atoms with Crippen LogP contribution < -0.4 is 11.1 Å². The van der Waals surface area contributed by atoms with Gasteiger partial charge >= 0.3 is 11.1 Å². The highest BCUT2D eigenvalue weighted by Gasteiger charge is 2.10. The second kappa shape index (κ2) is 6.80. The molecule has 16 heavy (non-hydrogen) atoms. The Kier molecular flexibility index (Phi) is 5.68. The summed E-state index contributed by atoms with van der Waals surface area (Å²) in [5.74, 6) is 1.98. The van der Waals surface area contributed by atoms with Crippen molar-refractivity contribution in [2.24, 2.45) is 0 Å². The molecule has 0 aromatic carbocycles. The van der Waals surface area contributed by atoms with Crippen LogP contribution in [0.3, 0.4) is 0 Å². The number of H-pyrrole nitrogens is 1. The first kappa shape index (κ1) is 13.4. The molecule has 0 aliphatic rings. The summed E-state index contributed by atoms with van der Waals surface area (Å²) in [4.78, 5) is 22.5. The van der Waals surface area contributed by atoms with Gasteiger partial charge in [-0.2, -0.15) is 5.10 Å². The third kappa shape index (κ3) is 3.71. The minimum Gasteiger partial charge on any atom is -0.291 e. The molecular formula is C9H15N3O2S2. The molecule has 0 aliphatic heterocycles. The van der Waals surface area contributed by atoms with E-state index in [1.54, 1.807) is 23.5 Å². The quantitative estimate of drug-likeness (QED) is 0.605. The first-order valence-electron chi connectivity index (χ1n) is 5.06. The highest BCUT2D eigenvalue weighted by atomic mass is 32.2. The minimum absolute atomic E-state index is 0.288. The lowest BCUT2D eigenvalue weighted by Gasteiger charge is -2.14. The van der Waals surface area contributed by atoms with Crippen LogP contribution in [0.4, 0.5) is 0 Å². The molecule has 0 saturated carbocycles. The van der Waals surface area contributed by atoms with Crippen molar-refractivity contribution in [2.45, 2.75) is 25.0 Å². The Labute approximate surface area is 102 Å². The third-order valence-corrected chi connectivity index (χ3v) is 4.39. The summed E-state index contributed by atoms with van der Waals surface area (Å²) < 4.78 is 1.66. The Morgan fingerprint density at radius 1 is 1.38 bits per heavy atom. The summed E-state index contributed by atoms with van der Waals surface area (Å²) in [5.41, 5.74) is -1.20. The van der Waals surface area contributed by atoms with E-state index < -0.39 is 11.1 Å². The second-order valence-corrected chi connectivity index (χ2v) is 6.24. The van der Waals surface area contributed by atoms with Crippen LogP contribution in [0.2, 0.25) is 0 Å². The number of aromatic amines is 1. The largest absolute Gasteiger partial charge is 0.330 e. The first-order valence-corrected chi connectivity index (χ1v) is 7.16. The molecule has 0 unspecified atom stereocenters. The molecule has 1 heterocycles. The van der Waals surface area contributed by atoms with Crippen LogP contribution in [-0.4, -0.2) is 30.9 Å². The summed E-state index contributed by atoms with van der Waals surface area (Å²) in [5, 5.41) is 5.75. The van der Waals surface area contributed by atoms with Crippen LogP contribution in [0.1, 0.15) is 13.8 Å². The van der Waals surface area contributed by atoms with Crippen molar-refractivity contribution in [3.05, 3.63) is 27.0 Å². The maximum atomic E-state index is 11.5. The first-order chi connectivity index (χ1) is 7.69. The SMILES string of the molecule is CCSC(Cn1cn[nH]c(=O)c1=O)SCC. The van der Waals surface area contributed by atoms with E-state index in [0.717, 1.165) is 11.5 Å². The van der Waals surface area contributed by atoms with E-state index in [1.807, 2.05) is 0 Å². The van der Waals surface area contributed by atoms with Gasteiger partial charge in [-0.05, 0) is 11.5 Å². The Hall–Kier alpha value is -0.690. The molecule has 7 heteroatoms. The molecule has 90 valence electrons. The van der Waals surface area contributed by atoms with Gasteiger partial charge in [-0.1, -0.05) is 13.8 Å². The van der Waals surface area contributed by atoms with Gasteiger partial charge in [-0.25, -0.2) is 5.10 Å². The number of hydrogen-bond donors (Lipinski definition) is 1. The van der Waals surface area contributed by atoms with Gasteiger partial charge in [0.15, 0.2) is 0 Å². The maximum absolute atomic E-state index is 11.5. The molecule has 1 rings (SSSR count). The van der Waals surface area contributed by atoms with Gasteiger partial charge in [0, 0.05) is 6.54 Å². The fraction of sp³-hybridized carbons (Fsp3) is 0.667. The summed E-state index contributed by atoms with van der Waals surface area (Å²) in [6, 6.07) is 0. The maximum Gasteiger partial charge on any atom is 0.330 e. The molecule has 0 bridgehead atoms. The molecule has 0 spiro atoms. The normalized spacial score (nSPS) is 10.9. The number of rotatable bonds is 6. The van der Waals surface area contributed by atoms with Gasteiger partial charge in [0.2, 0.25) is 0 Å². The van der Waals surface area contributed by atoms with E-state index >= 15 is 0 Å². The van der Waals surface area contributed by atoms with Crippen molar-refractivity contribution in [1.82, 2.24) is 14.8 Å². The average Bonchev–Trinajstić information content (AvgIpc) is 2.25.